The first-order chi connectivity index (χ1) is 8.30. The quantitative estimate of drug-likeness (QED) is 0.819. The van der Waals surface area contributed by atoms with E-state index in [9.17, 15) is 5.11 Å². The molecule has 1 aliphatic carbocycles. The Bertz CT molecular complexity index is 378. The summed E-state index contributed by atoms with van der Waals surface area (Å²) in [6.45, 7) is 3.37. The molecule has 2 rings (SSSR count). The van der Waals surface area contributed by atoms with Gasteiger partial charge in [0.05, 0.1) is 7.11 Å². The predicted molar refractivity (Wildman–Crippen MR) is 68.3 cm³/mol. The van der Waals surface area contributed by atoms with Crippen molar-refractivity contribution < 1.29 is 9.84 Å². The summed E-state index contributed by atoms with van der Waals surface area (Å²) in [5.41, 5.74) is 2.62. The first kappa shape index (κ1) is 12.4. The van der Waals surface area contributed by atoms with Gasteiger partial charge in [-0.2, -0.15) is 0 Å². The lowest BCUT2D eigenvalue weighted by atomic mass is 10.0. The average Bonchev–Trinajstić information content (AvgIpc) is 2.73. The van der Waals surface area contributed by atoms with Crippen molar-refractivity contribution >= 4 is 0 Å². The van der Waals surface area contributed by atoms with Crippen molar-refractivity contribution in [3.05, 3.63) is 29.3 Å². The van der Waals surface area contributed by atoms with Gasteiger partial charge in [-0.3, -0.25) is 0 Å². The molecule has 0 heterocycles. The standard InChI is InChI=1S/C14H21NO2/c1-3-6-15-14-11(9-16)7-10-4-5-12(17-2)8-13(10)14/h4-5,8,11,14-16H,3,6-7,9H2,1-2H3. The van der Waals surface area contributed by atoms with E-state index in [0.717, 1.165) is 25.1 Å². The molecule has 17 heavy (non-hydrogen) atoms. The minimum atomic E-state index is 0.235. The predicted octanol–water partition coefficient (Wildman–Crippen LogP) is 1.90. The lowest BCUT2D eigenvalue weighted by molar-refractivity contribution is 0.200. The molecule has 0 aromatic heterocycles. The van der Waals surface area contributed by atoms with Crippen LogP contribution in [0.15, 0.2) is 18.2 Å². The van der Waals surface area contributed by atoms with Crippen LogP contribution < -0.4 is 10.1 Å². The van der Waals surface area contributed by atoms with Crippen LogP contribution in [0.25, 0.3) is 0 Å². The molecular formula is C14H21NO2. The van der Waals surface area contributed by atoms with E-state index in [0.29, 0.717) is 5.92 Å². The van der Waals surface area contributed by atoms with Crippen molar-refractivity contribution in [3.63, 3.8) is 0 Å². The number of ether oxygens (including phenoxy) is 1. The smallest absolute Gasteiger partial charge is 0.119 e. The van der Waals surface area contributed by atoms with Crippen molar-refractivity contribution in [2.24, 2.45) is 5.92 Å². The third kappa shape index (κ3) is 2.45. The summed E-state index contributed by atoms with van der Waals surface area (Å²) in [4.78, 5) is 0. The number of nitrogens with one attached hydrogen (secondary N) is 1. The van der Waals surface area contributed by atoms with Crippen LogP contribution in [0.5, 0.6) is 5.75 Å². The second kappa shape index (κ2) is 5.52. The number of aliphatic hydroxyl groups is 1. The number of hydrogen-bond donors (Lipinski definition) is 2. The van der Waals surface area contributed by atoms with E-state index < -0.39 is 0 Å². The number of aliphatic hydroxyl groups excluding tert-OH is 1. The molecule has 2 N–H and O–H groups in total. The Balaban J connectivity index is 2.24. The van der Waals surface area contributed by atoms with Gasteiger partial charge in [-0.25, -0.2) is 0 Å². The fourth-order valence-corrected chi connectivity index (χ4v) is 2.58. The molecule has 2 atom stereocenters. The maximum absolute atomic E-state index is 9.46. The van der Waals surface area contributed by atoms with E-state index in [4.69, 9.17) is 4.74 Å². The molecule has 2 unspecified atom stereocenters. The largest absolute Gasteiger partial charge is 0.497 e. The van der Waals surface area contributed by atoms with E-state index in [-0.39, 0.29) is 12.6 Å². The maximum atomic E-state index is 9.46. The number of methoxy groups -OCH3 is 1. The molecular weight excluding hydrogens is 214 g/mol. The molecule has 0 saturated carbocycles. The van der Waals surface area contributed by atoms with Crippen molar-refractivity contribution in [2.75, 3.05) is 20.3 Å². The average molecular weight is 235 g/mol. The Morgan fingerprint density at radius 1 is 1.47 bits per heavy atom. The van der Waals surface area contributed by atoms with Gasteiger partial charge >= 0.3 is 0 Å². The van der Waals surface area contributed by atoms with E-state index in [2.05, 4.69) is 24.4 Å². The molecule has 0 fully saturated rings. The van der Waals surface area contributed by atoms with Gasteiger partial charge in [0.25, 0.3) is 0 Å². The fraction of sp³-hybridized carbons (Fsp3) is 0.571. The number of fused-ring (bicyclic) bond motifs is 1. The zero-order valence-electron chi connectivity index (χ0n) is 10.6. The lowest BCUT2D eigenvalue weighted by Gasteiger charge is -2.20. The molecule has 1 aromatic carbocycles. The maximum Gasteiger partial charge on any atom is 0.119 e. The molecule has 1 aromatic rings. The van der Waals surface area contributed by atoms with Crippen LogP contribution in [0.1, 0.15) is 30.5 Å². The normalized spacial score (nSPS) is 22.5. The summed E-state index contributed by atoms with van der Waals surface area (Å²) < 4.78 is 5.27. The summed E-state index contributed by atoms with van der Waals surface area (Å²) in [5.74, 6) is 1.19. The summed E-state index contributed by atoms with van der Waals surface area (Å²) in [5, 5.41) is 13.0. The Morgan fingerprint density at radius 3 is 2.94 bits per heavy atom. The van der Waals surface area contributed by atoms with Gasteiger partial charge in [-0.1, -0.05) is 13.0 Å². The Kier molecular flexibility index (Phi) is 4.02. The van der Waals surface area contributed by atoms with Crippen LogP contribution in [-0.4, -0.2) is 25.4 Å². The SMILES string of the molecule is CCCNC1c2cc(OC)ccc2CC1CO. The molecule has 0 saturated heterocycles. The van der Waals surface area contributed by atoms with Gasteiger partial charge in [0.15, 0.2) is 0 Å². The fourth-order valence-electron chi connectivity index (χ4n) is 2.58. The Labute approximate surface area is 103 Å². The van der Waals surface area contributed by atoms with Gasteiger partial charge in [0.1, 0.15) is 5.75 Å². The Morgan fingerprint density at radius 2 is 2.29 bits per heavy atom. The van der Waals surface area contributed by atoms with E-state index in [1.165, 1.54) is 11.1 Å². The van der Waals surface area contributed by atoms with E-state index >= 15 is 0 Å². The van der Waals surface area contributed by atoms with E-state index in [1.807, 2.05) is 6.07 Å². The van der Waals surface area contributed by atoms with Gasteiger partial charge in [0, 0.05) is 18.6 Å². The van der Waals surface area contributed by atoms with Crippen molar-refractivity contribution in [2.45, 2.75) is 25.8 Å². The second-order valence-corrected chi connectivity index (χ2v) is 4.64. The molecule has 1 aliphatic rings. The molecule has 0 amide bonds. The number of benzene rings is 1. The first-order valence-electron chi connectivity index (χ1n) is 6.31. The molecule has 0 radical (unpaired) electrons. The molecule has 94 valence electrons. The lowest BCUT2D eigenvalue weighted by Crippen LogP contribution is -2.27. The number of rotatable bonds is 5. The summed E-state index contributed by atoms with van der Waals surface area (Å²) in [6.07, 6.45) is 2.06. The van der Waals surface area contributed by atoms with Crippen LogP contribution in [0.4, 0.5) is 0 Å². The highest BCUT2D eigenvalue weighted by Crippen LogP contribution is 2.37. The minimum absolute atomic E-state index is 0.235. The topological polar surface area (TPSA) is 41.5 Å². The number of hydrogen-bond acceptors (Lipinski definition) is 3. The Hall–Kier alpha value is -1.06. The van der Waals surface area contributed by atoms with Crippen molar-refractivity contribution in [1.29, 1.82) is 0 Å². The minimum Gasteiger partial charge on any atom is -0.497 e. The third-order valence-corrected chi connectivity index (χ3v) is 3.49. The van der Waals surface area contributed by atoms with Crippen molar-refractivity contribution in [3.8, 4) is 5.75 Å². The highest BCUT2D eigenvalue weighted by molar-refractivity contribution is 5.41. The van der Waals surface area contributed by atoms with Gasteiger partial charge < -0.3 is 15.2 Å². The van der Waals surface area contributed by atoms with Crippen LogP contribution in [-0.2, 0) is 6.42 Å². The summed E-state index contributed by atoms with van der Waals surface area (Å²) >= 11 is 0. The highest BCUT2D eigenvalue weighted by atomic mass is 16.5. The monoisotopic (exact) mass is 235 g/mol. The van der Waals surface area contributed by atoms with Gasteiger partial charge in [-0.05, 0) is 42.6 Å². The summed E-state index contributed by atoms with van der Waals surface area (Å²) in [7, 11) is 1.69. The molecule has 0 aliphatic heterocycles. The summed E-state index contributed by atoms with van der Waals surface area (Å²) in [6, 6.07) is 6.48. The van der Waals surface area contributed by atoms with Crippen LogP contribution in [0.2, 0.25) is 0 Å². The zero-order chi connectivity index (χ0) is 12.3. The molecule has 3 nitrogen and oxygen atoms in total. The first-order valence-corrected chi connectivity index (χ1v) is 6.31. The van der Waals surface area contributed by atoms with Gasteiger partial charge in [-0.15, -0.1) is 0 Å². The molecule has 0 bridgehead atoms. The van der Waals surface area contributed by atoms with Crippen LogP contribution in [0, 0.1) is 5.92 Å². The zero-order valence-corrected chi connectivity index (χ0v) is 10.6. The molecule has 0 spiro atoms. The highest BCUT2D eigenvalue weighted by Gasteiger charge is 2.31. The van der Waals surface area contributed by atoms with Crippen LogP contribution >= 0.6 is 0 Å². The van der Waals surface area contributed by atoms with Crippen LogP contribution in [0.3, 0.4) is 0 Å². The van der Waals surface area contributed by atoms with E-state index in [1.54, 1.807) is 7.11 Å². The van der Waals surface area contributed by atoms with Gasteiger partial charge in [0.2, 0.25) is 0 Å². The van der Waals surface area contributed by atoms with Crippen molar-refractivity contribution in [1.82, 2.24) is 5.32 Å². The third-order valence-electron chi connectivity index (χ3n) is 3.49. The molecule has 3 heteroatoms. The second-order valence-electron chi connectivity index (χ2n) is 4.64.